The first kappa shape index (κ1) is 22.0. The highest BCUT2D eigenvalue weighted by Gasteiger charge is 2.39. The molecule has 0 radical (unpaired) electrons. The lowest BCUT2D eigenvalue weighted by Crippen LogP contribution is -2.43. The average molecular weight is 439 g/mol. The number of nitrogens with two attached hydrogens (primary N) is 1. The number of amides is 2. The van der Waals surface area contributed by atoms with Crippen molar-refractivity contribution in [2.75, 3.05) is 5.32 Å². The number of rotatable bonds is 8. The number of nitrogens with zero attached hydrogens (tertiary/aromatic N) is 3. The predicted octanol–water partition coefficient (Wildman–Crippen LogP) is 2.81. The van der Waals surface area contributed by atoms with Crippen molar-refractivity contribution in [3.63, 3.8) is 0 Å². The maximum Gasteiger partial charge on any atom is 0.254 e. The molecule has 2 aromatic rings. The third-order valence-electron chi connectivity index (χ3n) is 6.52. The van der Waals surface area contributed by atoms with Crippen molar-refractivity contribution >= 4 is 17.6 Å². The van der Waals surface area contributed by atoms with E-state index in [-0.39, 0.29) is 41.5 Å². The van der Waals surface area contributed by atoms with Crippen LogP contribution in [0.15, 0.2) is 30.5 Å². The minimum atomic E-state index is -0.672. The van der Waals surface area contributed by atoms with Gasteiger partial charge in [-0.3, -0.25) is 14.3 Å². The Morgan fingerprint density at radius 3 is 2.59 bits per heavy atom. The zero-order valence-electron chi connectivity index (χ0n) is 17.8. The van der Waals surface area contributed by atoms with Gasteiger partial charge in [-0.1, -0.05) is 18.2 Å². The minimum absolute atomic E-state index is 0.0371. The molecule has 1 aromatic heterocycles. The summed E-state index contributed by atoms with van der Waals surface area (Å²) in [5, 5.41) is 20.1. The largest absolute Gasteiger partial charge is 0.365 e. The molecule has 0 aliphatic heterocycles. The third-order valence-corrected chi connectivity index (χ3v) is 6.52. The number of halogens is 1. The van der Waals surface area contributed by atoms with Crippen LogP contribution in [0.25, 0.3) is 0 Å². The summed E-state index contributed by atoms with van der Waals surface area (Å²) in [4.78, 5) is 24.2. The van der Waals surface area contributed by atoms with Crippen LogP contribution in [0.4, 0.5) is 10.2 Å². The van der Waals surface area contributed by atoms with Gasteiger partial charge in [-0.15, -0.1) is 0 Å². The summed E-state index contributed by atoms with van der Waals surface area (Å²) in [7, 11) is 0. The quantitative estimate of drug-likeness (QED) is 0.584. The number of nitriles is 1. The molecule has 2 fully saturated rings. The predicted molar refractivity (Wildman–Crippen MR) is 116 cm³/mol. The molecule has 0 spiro atoms. The Bertz CT molecular complexity index is 1050. The molecule has 4 N–H and O–H groups in total. The number of primary amides is 1. The smallest absolute Gasteiger partial charge is 0.254 e. The number of nitrogens with one attached hydrogen (secondary N) is 2. The molecule has 1 aromatic carbocycles. The van der Waals surface area contributed by atoms with Gasteiger partial charge in [-0.25, -0.2) is 4.39 Å². The number of carbonyl (C=O) groups excluding carboxylic acids is 2. The first-order chi connectivity index (χ1) is 15.4. The summed E-state index contributed by atoms with van der Waals surface area (Å²) in [5.41, 5.74) is 5.71. The topological polar surface area (TPSA) is 126 Å². The Morgan fingerprint density at radius 2 is 1.97 bits per heavy atom. The van der Waals surface area contributed by atoms with Gasteiger partial charge in [0, 0.05) is 30.3 Å². The molecule has 0 atom stereocenters. The van der Waals surface area contributed by atoms with Crippen LogP contribution in [0.3, 0.4) is 0 Å². The highest BCUT2D eigenvalue weighted by atomic mass is 19.1. The lowest BCUT2D eigenvalue weighted by atomic mass is 9.77. The van der Waals surface area contributed by atoms with Crippen LogP contribution in [0.5, 0.6) is 0 Å². The maximum absolute atomic E-state index is 13.9. The van der Waals surface area contributed by atoms with Crippen molar-refractivity contribution < 1.29 is 14.0 Å². The molecular weight excluding hydrogens is 411 g/mol. The van der Waals surface area contributed by atoms with Gasteiger partial charge in [-0.2, -0.15) is 10.4 Å². The van der Waals surface area contributed by atoms with Gasteiger partial charge < -0.3 is 16.4 Å². The second-order valence-corrected chi connectivity index (χ2v) is 8.77. The van der Waals surface area contributed by atoms with Crippen LogP contribution in [0.2, 0.25) is 0 Å². The van der Waals surface area contributed by atoms with Crippen LogP contribution in [-0.2, 0) is 16.9 Å². The van der Waals surface area contributed by atoms with E-state index in [1.54, 1.807) is 23.0 Å². The van der Waals surface area contributed by atoms with E-state index in [1.165, 1.54) is 6.07 Å². The fourth-order valence-corrected chi connectivity index (χ4v) is 4.34. The second kappa shape index (κ2) is 9.09. The molecule has 0 saturated heterocycles. The van der Waals surface area contributed by atoms with Crippen LogP contribution in [0, 0.1) is 23.1 Å². The first-order valence-electron chi connectivity index (χ1n) is 11.0. The van der Waals surface area contributed by atoms with E-state index in [1.807, 2.05) is 6.07 Å². The van der Waals surface area contributed by atoms with Crippen LogP contribution < -0.4 is 16.4 Å². The third kappa shape index (κ3) is 4.65. The van der Waals surface area contributed by atoms with Crippen LogP contribution in [-0.4, -0.2) is 27.6 Å². The van der Waals surface area contributed by atoms with Crippen molar-refractivity contribution in [3.8, 4) is 6.07 Å². The Labute approximate surface area is 186 Å². The van der Waals surface area contributed by atoms with Gasteiger partial charge in [0.25, 0.3) is 5.91 Å². The summed E-state index contributed by atoms with van der Waals surface area (Å²) in [6.45, 7) is 0.438. The summed E-state index contributed by atoms with van der Waals surface area (Å²) in [6, 6.07) is 9.12. The molecule has 2 aliphatic rings. The lowest BCUT2D eigenvalue weighted by Gasteiger charge is -2.39. The molecule has 0 unspecified atom stereocenters. The number of carbonyl (C=O) groups is 2. The summed E-state index contributed by atoms with van der Waals surface area (Å²) < 4.78 is 15.5. The van der Waals surface area contributed by atoms with Gasteiger partial charge >= 0.3 is 0 Å². The number of hydrogen-bond donors (Lipinski definition) is 3. The van der Waals surface area contributed by atoms with Gasteiger partial charge in [0.1, 0.15) is 11.4 Å². The Balaban J connectivity index is 1.47. The average Bonchev–Trinajstić information content (AvgIpc) is 3.54. The van der Waals surface area contributed by atoms with Crippen molar-refractivity contribution in [1.82, 2.24) is 15.1 Å². The number of anilines is 1. The van der Waals surface area contributed by atoms with E-state index in [9.17, 15) is 19.2 Å². The van der Waals surface area contributed by atoms with E-state index in [0.717, 1.165) is 25.7 Å². The van der Waals surface area contributed by atoms with Gasteiger partial charge in [0.05, 0.1) is 18.0 Å². The fourth-order valence-electron chi connectivity index (χ4n) is 4.34. The number of benzene rings is 1. The fraction of sp³-hybridized carbons (Fsp3) is 0.478. The van der Waals surface area contributed by atoms with E-state index in [4.69, 9.17) is 5.73 Å². The second-order valence-electron chi connectivity index (χ2n) is 8.77. The van der Waals surface area contributed by atoms with E-state index in [2.05, 4.69) is 21.8 Å². The maximum atomic E-state index is 13.9. The molecule has 2 aliphatic carbocycles. The number of hydrogen-bond acceptors (Lipinski definition) is 5. The first-order valence-corrected chi connectivity index (χ1v) is 11.0. The molecule has 9 heteroatoms. The molecule has 168 valence electrons. The summed E-state index contributed by atoms with van der Waals surface area (Å²) >= 11 is 0. The molecule has 2 saturated carbocycles. The normalized spacial score (nSPS) is 22.8. The molecular formula is C23H27FN6O2. The van der Waals surface area contributed by atoms with Gasteiger partial charge in [0.15, 0.2) is 5.82 Å². The molecule has 2 amide bonds. The number of aromatic nitrogens is 2. The van der Waals surface area contributed by atoms with Crippen LogP contribution in [0.1, 0.15) is 60.9 Å². The Hall–Kier alpha value is -3.25. The summed E-state index contributed by atoms with van der Waals surface area (Å²) in [5.74, 6) is -0.940. The molecule has 0 bridgehead atoms. The standard InChI is InChI=1S/C23H27FN6O2/c24-19-4-2-1-3-16(19)13-27-17-7-9-23(10-8-17,11-12-25)30-14-18(20(26)31)21(29-30)28-22(32)15-5-6-15/h1-4,14-15,17,27H,5-11,13H2,(H2,26,31)(H,28,29,32)/t17-,23-. The molecule has 4 rings (SSSR count). The Kier molecular flexibility index (Phi) is 6.24. The van der Waals surface area contributed by atoms with Crippen molar-refractivity contribution in [2.24, 2.45) is 11.7 Å². The minimum Gasteiger partial charge on any atom is -0.365 e. The zero-order valence-corrected chi connectivity index (χ0v) is 17.8. The zero-order chi connectivity index (χ0) is 22.7. The van der Waals surface area contributed by atoms with Crippen molar-refractivity contribution in [2.45, 2.75) is 63.1 Å². The van der Waals surface area contributed by atoms with Gasteiger partial charge in [-0.05, 0) is 44.6 Å². The van der Waals surface area contributed by atoms with E-state index in [0.29, 0.717) is 24.9 Å². The monoisotopic (exact) mass is 438 g/mol. The molecule has 8 nitrogen and oxygen atoms in total. The van der Waals surface area contributed by atoms with Crippen molar-refractivity contribution in [3.05, 3.63) is 47.4 Å². The Morgan fingerprint density at radius 1 is 1.25 bits per heavy atom. The van der Waals surface area contributed by atoms with Crippen molar-refractivity contribution in [1.29, 1.82) is 5.26 Å². The molecule has 1 heterocycles. The highest BCUT2D eigenvalue weighted by molar-refractivity contribution is 6.02. The van der Waals surface area contributed by atoms with Gasteiger partial charge in [0.2, 0.25) is 5.91 Å². The summed E-state index contributed by atoms with van der Waals surface area (Å²) in [6.07, 6.45) is 6.29. The lowest BCUT2D eigenvalue weighted by molar-refractivity contribution is -0.117. The SMILES string of the molecule is N#CC[C@]1(n2cc(C(N)=O)c(NC(=O)C3CC3)n2)CC[C@H](NCc2ccccc2F)CC1. The van der Waals surface area contributed by atoms with E-state index < -0.39 is 11.4 Å². The highest BCUT2D eigenvalue weighted by Crippen LogP contribution is 2.39. The van der Waals surface area contributed by atoms with E-state index >= 15 is 0 Å². The van der Waals surface area contributed by atoms with Crippen LogP contribution >= 0.6 is 0 Å². The molecule has 32 heavy (non-hydrogen) atoms.